The van der Waals surface area contributed by atoms with Crippen LogP contribution in [0.25, 0.3) is 10.2 Å². The zero-order valence-electron chi connectivity index (χ0n) is 13.5. The van der Waals surface area contributed by atoms with Gasteiger partial charge in [0.05, 0.1) is 5.39 Å². The summed E-state index contributed by atoms with van der Waals surface area (Å²) in [6.45, 7) is 0.776. The third-order valence-corrected chi connectivity index (χ3v) is 5.59. The van der Waals surface area contributed by atoms with Crippen molar-refractivity contribution >= 4 is 33.1 Å². The summed E-state index contributed by atoms with van der Waals surface area (Å²) in [6, 6.07) is 8.59. The summed E-state index contributed by atoms with van der Waals surface area (Å²) in [5, 5.41) is 4.77. The van der Waals surface area contributed by atoms with Crippen molar-refractivity contribution in [3.63, 3.8) is 0 Å². The molecule has 0 amide bonds. The molecule has 0 radical (unpaired) electrons. The molecule has 1 N–H and O–H groups in total. The van der Waals surface area contributed by atoms with Crippen molar-refractivity contribution in [2.24, 2.45) is 0 Å². The maximum absolute atomic E-state index is 4.50. The van der Waals surface area contributed by atoms with E-state index in [4.69, 9.17) is 0 Å². The van der Waals surface area contributed by atoms with Crippen LogP contribution in [0.5, 0.6) is 0 Å². The minimum Gasteiger partial charge on any atom is -0.378 e. The first kappa shape index (κ1) is 14.5. The molecule has 5 heteroatoms. The zero-order valence-corrected chi connectivity index (χ0v) is 14.3. The first-order valence-corrected chi connectivity index (χ1v) is 8.79. The van der Waals surface area contributed by atoms with Gasteiger partial charge in [0.25, 0.3) is 0 Å². The van der Waals surface area contributed by atoms with Gasteiger partial charge >= 0.3 is 0 Å². The number of anilines is 2. The van der Waals surface area contributed by atoms with Gasteiger partial charge in [0.2, 0.25) is 0 Å². The van der Waals surface area contributed by atoms with Gasteiger partial charge in [0, 0.05) is 31.2 Å². The van der Waals surface area contributed by atoms with Crippen molar-refractivity contribution in [2.75, 3.05) is 24.3 Å². The lowest BCUT2D eigenvalue weighted by Crippen LogP contribution is -2.09. The lowest BCUT2D eigenvalue weighted by Gasteiger charge is -2.14. The quantitative estimate of drug-likeness (QED) is 0.791. The predicted molar refractivity (Wildman–Crippen MR) is 97.5 cm³/mol. The molecule has 1 aliphatic rings. The molecule has 0 unspecified atom stereocenters. The molecule has 1 aliphatic carbocycles. The third kappa shape index (κ3) is 2.65. The van der Waals surface area contributed by atoms with E-state index >= 15 is 0 Å². The molecule has 4 nitrogen and oxygen atoms in total. The van der Waals surface area contributed by atoms with Gasteiger partial charge in [0.1, 0.15) is 17.0 Å². The summed E-state index contributed by atoms with van der Waals surface area (Å²) in [4.78, 5) is 13.7. The second kappa shape index (κ2) is 5.81. The highest BCUT2D eigenvalue weighted by molar-refractivity contribution is 7.19. The van der Waals surface area contributed by atoms with Crippen molar-refractivity contribution in [3.05, 3.63) is 46.6 Å². The Morgan fingerprint density at radius 1 is 1.22 bits per heavy atom. The molecule has 118 valence electrons. The Labute approximate surface area is 140 Å². The summed E-state index contributed by atoms with van der Waals surface area (Å²) in [5.74, 6) is 0.977. The number of rotatable bonds is 4. The van der Waals surface area contributed by atoms with Crippen LogP contribution in [0.15, 0.2) is 30.6 Å². The fourth-order valence-electron chi connectivity index (χ4n) is 3.19. The van der Waals surface area contributed by atoms with Crippen molar-refractivity contribution in [1.29, 1.82) is 0 Å². The molecule has 2 aromatic heterocycles. The van der Waals surface area contributed by atoms with Gasteiger partial charge in [-0.2, -0.15) is 0 Å². The Morgan fingerprint density at radius 2 is 2.13 bits per heavy atom. The molecule has 1 aromatic carbocycles. The topological polar surface area (TPSA) is 41.0 Å². The predicted octanol–water partition coefficient (Wildman–Crippen LogP) is 3.86. The Hall–Kier alpha value is -2.14. The van der Waals surface area contributed by atoms with Crippen LogP contribution >= 0.6 is 11.3 Å². The first-order chi connectivity index (χ1) is 11.2. The second-order valence-electron chi connectivity index (χ2n) is 6.18. The smallest absolute Gasteiger partial charge is 0.138 e. The van der Waals surface area contributed by atoms with E-state index in [1.165, 1.54) is 39.9 Å². The van der Waals surface area contributed by atoms with Gasteiger partial charge in [-0.15, -0.1) is 11.3 Å². The van der Waals surface area contributed by atoms with Crippen LogP contribution in [0.2, 0.25) is 0 Å². The summed E-state index contributed by atoms with van der Waals surface area (Å²) < 4.78 is 0. The van der Waals surface area contributed by atoms with Gasteiger partial charge in [-0.25, -0.2) is 9.97 Å². The highest BCUT2D eigenvalue weighted by Gasteiger charge is 2.20. The van der Waals surface area contributed by atoms with Crippen molar-refractivity contribution in [1.82, 2.24) is 9.97 Å². The van der Waals surface area contributed by atoms with Crippen LogP contribution in [0.3, 0.4) is 0 Å². The van der Waals surface area contributed by atoms with Crippen molar-refractivity contribution in [2.45, 2.75) is 25.8 Å². The molecule has 0 fully saturated rings. The molecule has 2 heterocycles. The lowest BCUT2D eigenvalue weighted by atomic mass is 10.1. The summed E-state index contributed by atoms with van der Waals surface area (Å²) >= 11 is 1.83. The number of hydrogen-bond donors (Lipinski definition) is 1. The maximum Gasteiger partial charge on any atom is 0.138 e. The number of nitrogens with zero attached hydrogens (tertiary/aromatic N) is 3. The van der Waals surface area contributed by atoms with Gasteiger partial charge < -0.3 is 10.2 Å². The van der Waals surface area contributed by atoms with Gasteiger partial charge in [-0.3, -0.25) is 0 Å². The minimum absolute atomic E-state index is 0.776. The molecular formula is C18H20N4S. The number of benzene rings is 1. The number of hydrogen-bond acceptors (Lipinski definition) is 5. The van der Waals surface area contributed by atoms with Crippen LogP contribution in [0.1, 0.15) is 22.4 Å². The first-order valence-electron chi connectivity index (χ1n) is 7.98. The van der Waals surface area contributed by atoms with Crippen LogP contribution < -0.4 is 10.2 Å². The average molecular weight is 324 g/mol. The van der Waals surface area contributed by atoms with Crippen LogP contribution in [0, 0.1) is 0 Å². The monoisotopic (exact) mass is 324 g/mol. The van der Waals surface area contributed by atoms with Gasteiger partial charge in [-0.1, -0.05) is 12.1 Å². The van der Waals surface area contributed by atoms with E-state index < -0.39 is 0 Å². The van der Waals surface area contributed by atoms with E-state index in [1.54, 1.807) is 6.33 Å². The fraction of sp³-hybridized carbons (Fsp3) is 0.333. The molecule has 0 aliphatic heterocycles. The van der Waals surface area contributed by atoms with Crippen LogP contribution in [0.4, 0.5) is 11.5 Å². The summed E-state index contributed by atoms with van der Waals surface area (Å²) in [7, 11) is 4.13. The summed E-state index contributed by atoms with van der Waals surface area (Å²) in [6.07, 6.45) is 5.29. The molecule has 4 rings (SSSR count). The van der Waals surface area contributed by atoms with Gasteiger partial charge in [0.15, 0.2) is 0 Å². The van der Waals surface area contributed by atoms with E-state index in [1.807, 2.05) is 11.3 Å². The minimum atomic E-state index is 0.776. The Kier molecular flexibility index (Phi) is 3.65. The number of thiophene rings is 1. The molecule has 0 atom stereocenters. The molecule has 0 saturated heterocycles. The molecule has 0 saturated carbocycles. The highest BCUT2D eigenvalue weighted by Crippen LogP contribution is 2.39. The second-order valence-corrected chi connectivity index (χ2v) is 7.26. The van der Waals surface area contributed by atoms with Gasteiger partial charge in [-0.05, 0) is 42.5 Å². The van der Waals surface area contributed by atoms with E-state index in [9.17, 15) is 0 Å². The fourth-order valence-corrected chi connectivity index (χ4v) is 4.42. The number of fused-ring (bicyclic) bond motifs is 3. The molecule has 23 heavy (non-hydrogen) atoms. The van der Waals surface area contributed by atoms with Crippen molar-refractivity contribution in [3.8, 4) is 0 Å². The number of nitrogens with one attached hydrogen (secondary N) is 1. The van der Waals surface area contributed by atoms with E-state index in [0.29, 0.717) is 0 Å². The van der Waals surface area contributed by atoms with Crippen LogP contribution in [-0.2, 0) is 19.4 Å². The van der Waals surface area contributed by atoms with E-state index in [0.717, 1.165) is 23.6 Å². The molecular weight excluding hydrogens is 304 g/mol. The molecule has 0 spiro atoms. The normalized spacial score (nSPS) is 13.3. The van der Waals surface area contributed by atoms with E-state index in [-0.39, 0.29) is 0 Å². The Balaban J connectivity index is 1.62. The maximum atomic E-state index is 4.50. The van der Waals surface area contributed by atoms with Crippen molar-refractivity contribution < 1.29 is 0 Å². The third-order valence-electron chi connectivity index (χ3n) is 4.39. The zero-order chi connectivity index (χ0) is 15.8. The van der Waals surface area contributed by atoms with E-state index in [2.05, 4.69) is 58.5 Å². The molecule has 0 bridgehead atoms. The standard InChI is InChI=1S/C18H20N4S/c1-22(2)13-6-3-5-12(9-13)10-19-17-16-14-7-4-8-15(14)23-18(16)21-11-20-17/h3,5-6,9,11H,4,7-8,10H2,1-2H3,(H,19,20,21). The lowest BCUT2D eigenvalue weighted by molar-refractivity contribution is 0.917. The Bertz CT molecular complexity index is 853. The van der Waals surface area contributed by atoms with Crippen LogP contribution in [-0.4, -0.2) is 24.1 Å². The number of aromatic nitrogens is 2. The molecule has 3 aromatic rings. The average Bonchev–Trinajstić information content (AvgIpc) is 3.13. The SMILES string of the molecule is CN(C)c1cccc(CNc2ncnc3sc4c(c23)CCC4)c1. The largest absolute Gasteiger partial charge is 0.378 e. The Morgan fingerprint density at radius 3 is 3.00 bits per heavy atom. The highest BCUT2D eigenvalue weighted by atomic mass is 32.1. The summed E-state index contributed by atoms with van der Waals surface area (Å²) in [5.41, 5.74) is 3.94. The number of aryl methyl sites for hydroxylation is 2.